The summed E-state index contributed by atoms with van der Waals surface area (Å²) in [5, 5.41) is 0. The fourth-order valence-corrected chi connectivity index (χ4v) is 1.32. The highest BCUT2D eigenvalue weighted by Crippen LogP contribution is 2.00. The van der Waals surface area contributed by atoms with Crippen LogP contribution in [0.3, 0.4) is 0 Å². The van der Waals surface area contributed by atoms with Gasteiger partial charge < -0.3 is 4.74 Å². The number of aromatic nitrogens is 2. The van der Waals surface area contributed by atoms with Crippen LogP contribution in [0.1, 0.15) is 5.69 Å². The lowest BCUT2D eigenvalue weighted by Gasteiger charge is -2.04. The Hall–Kier alpha value is -1.21. The highest BCUT2D eigenvalue weighted by Gasteiger charge is 2.00. The Morgan fingerprint density at radius 1 is 1.53 bits per heavy atom. The Balaban J connectivity index is 2.32. The maximum Gasteiger partial charge on any atom is 0.316 e. The molecule has 0 aromatic carbocycles. The van der Waals surface area contributed by atoms with E-state index >= 15 is 0 Å². The molecule has 0 aliphatic carbocycles. The number of aryl methyl sites for hydroxylation is 1. The fourth-order valence-electron chi connectivity index (χ4n) is 0.865. The van der Waals surface area contributed by atoms with Crippen LogP contribution >= 0.6 is 0 Å². The number of ether oxygens (including phenoxy) is 1. The van der Waals surface area contributed by atoms with Crippen molar-refractivity contribution in [1.29, 1.82) is 0 Å². The van der Waals surface area contributed by atoms with E-state index in [-0.39, 0.29) is 19.2 Å². The molecule has 1 aromatic rings. The van der Waals surface area contributed by atoms with E-state index in [1.165, 1.54) is 0 Å². The standard InChI is InChI=1S/C8H13N3O3S/c1-7-3-4-9-8(11-7)14-6-5-10-15(2,12)13/h3-4,10H,5-6H2,1-2H3. The van der Waals surface area contributed by atoms with Crippen molar-refractivity contribution in [1.82, 2.24) is 14.7 Å². The summed E-state index contributed by atoms with van der Waals surface area (Å²) in [5.74, 6) is 0. The fraction of sp³-hybridized carbons (Fsp3) is 0.500. The zero-order chi connectivity index (χ0) is 11.3. The summed E-state index contributed by atoms with van der Waals surface area (Å²) in [6.45, 7) is 2.23. The van der Waals surface area contributed by atoms with Crippen molar-refractivity contribution < 1.29 is 13.2 Å². The second kappa shape index (κ2) is 5.04. The van der Waals surface area contributed by atoms with Crippen molar-refractivity contribution in [3.63, 3.8) is 0 Å². The van der Waals surface area contributed by atoms with Gasteiger partial charge in [0.2, 0.25) is 10.0 Å². The molecule has 0 unspecified atom stereocenters. The first-order valence-corrected chi connectivity index (χ1v) is 6.23. The molecule has 0 saturated carbocycles. The smallest absolute Gasteiger partial charge is 0.316 e. The second-order valence-electron chi connectivity index (χ2n) is 3.00. The van der Waals surface area contributed by atoms with E-state index < -0.39 is 10.0 Å². The third-order valence-electron chi connectivity index (χ3n) is 1.47. The third-order valence-corrected chi connectivity index (χ3v) is 2.20. The van der Waals surface area contributed by atoms with E-state index in [0.717, 1.165) is 11.9 Å². The van der Waals surface area contributed by atoms with Crippen LogP contribution in [0.25, 0.3) is 0 Å². The molecular weight excluding hydrogens is 218 g/mol. The van der Waals surface area contributed by atoms with Crippen molar-refractivity contribution in [3.8, 4) is 6.01 Å². The maximum atomic E-state index is 10.7. The van der Waals surface area contributed by atoms with Crippen LogP contribution in [0.5, 0.6) is 6.01 Å². The number of hydrogen-bond acceptors (Lipinski definition) is 5. The van der Waals surface area contributed by atoms with Gasteiger partial charge in [-0.15, -0.1) is 0 Å². The quantitative estimate of drug-likeness (QED) is 0.704. The summed E-state index contributed by atoms with van der Waals surface area (Å²) in [4.78, 5) is 7.86. The summed E-state index contributed by atoms with van der Waals surface area (Å²) >= 11 is 0. The number of nitrogens with one attached hydrogen (secondary N) is 1. The summed E-state index contributed by atoms with van der Waals surface area (Å²) < 4.78 is 28.8. The number of sulfonamides is 1. The SMILES string of the molecule is Cc1ccnc(OCCNS(C)(=O)=O)n1. The highest BCUT2D eigenvalue weighted by atomic mass is 32.2. The molecule has 0 radical (unpaired) electrons. The van der Waals surface area contributed by atoms with Crippen molar-refractivity contribution in [2.45, 2.75) is 6.92 Å². The van der Waals surface area contributed by atoms with Gasteiger partial charge in [0, 0.05) is 18.4 Å². The molecule has 1 aromatic heterocycles. The summed E-state index contributed by atoms with van der Waals surface area (Å²) in [6.07, 6.45) is 2.68. The molecule has 0 bridgehead atoms. The van der Waals surface area contributed by atoms with Gasteiger partial charge in [0.1, 0.15) is 6.61 Å². The van der Waals surface area contributed by atoms with Crippen molar-refractivity contribution in [3.05, 3.63) is 18.0 Å². The molecule has 15 heavy (non-hydrogen) atoms. The van der Waals surface area contributed by atoms with E-state index in [1.807, 2.05) is 6.92 Å². The predicted octanol–water partition coefficient (Wildman–Crippen LogP) is -0.287. The molecule has 0 atom stereocenters. The Morgan fingerprint density at radius 2 is 2.27 bits per heavy atom. The summed E-state index contributed by atoms with van der Waals surface area (Å²) in [5.41, 5.74) is 0.802. The molecule has 7 heteroatoms. The predicted molar refractivity (Wildman–Crippen MR) is 55.1 cm³/mol. The lowest BCUT2D eigenvalue weighted by atomic mass is 10.5. The lowest BCUT2D eigenvalue weighted by molar-refractivity contribution is 0.297. The van der Waals surface area contributed by atoms with E-state index in [9.17, 15) is 8.42 Å². The Labute approximate surface area is 88.8 Å². The van der Waals surface area contributed by atoms with E-state index in [1.54, 1.807) is 12.3 Å². The van der Waals surface area contributed by atoms with E-state index in [0.29, 0.717) is 0 Å². The van der Waals surface area contributed by atoms with Crippen LogP contribution < -0.4 is 9.46 Å². The summed E-state index contributed by atoms with van der Waals surface area (Å²) in [6, 6.07) is 2.01. The van der Waals surface area contributed by atoms with Crippen LogP contribution in [0.4, 0.5) is 0 Å². The van der Waals surface area contributed by atoms with Crippen LogP contribution in [0, 0.1) is 6.92 Å². The van der Waals surface area contributed by atoms with Crippen molar-refractivity contribution >= 4 is 10.0 Å². The van der Waals surface area contributed by atoms with E-state index in [4.69, 9.17) is 4.74 Å². The lowest BCUT2D eigenvalue weighted by Crippen LogP contribution is -2.27. The van der Waals surface area contributed by atoms with E-state index in [2.05, 4.69) is 14.7 Å². The molecule has 0 spiro atoms. The molecule has 84 valence electrons. The van der Waals surface area contributed by atoms with Gasteiger partial charge in [0.05, 0.1) is 6.26 Å². The highest BCUT2D eigenvalue weighted by molar-refractivity contribution is 7.88. The molecule has 0 saturated heterocycles. The minimum absolute atomic E-state index is 0.204. The molecule has 0 aliphatic heterocycles. The maximum absolute atomic E-state index is 10.7. The first-order chi connectivity index (χ1) is 6.97. The molecular formula is C8H13N3O3S. The van der Waals surface area contributed by atoms with Crippen molar-refractivity contribution in [2.24, 2.45) is 0 Å². The molecule has 1 N–H and O–H groups in total. The number of rotatable bonds is 5. The average Bonchev–Trinajstić information content (AvgIpc) is 2.11. The van der Waals surface area contributed by atoms with Crippen LogP contribution in [-0.4, -0.2) is 37.8 Å². The van der Waals surface area contributed by atoms with Gasteiger partial charge in [0.15, 0.2) is 0 Å². The topological polar surface area (TPSA) is 81.2 Å². The normalized spacial score (nSPS) is 11.3. The van der Waals surface area contributed by atoms with Crippen molar-refractivity contribution in [2.75, 3.05) is 19.4 Å². The molecule has 0 aliphatic rings. The van der Waals surface area contributed by atoms with Crippen LogP contribution in [0.2, 0.25) is 0 Å². The minimum Gasteiger partial charge on any atom is -0.462 e. The molecule has 1 rings (SSSR count). The number of hydrogen-bond donors (Lipinski definition) is 1. The first-order valence-electron chi connectivity index (χ1n) is 4.34. The Kier molecular flexibility index (Phi) is 3.98. The first kappa shape index (κ1) is 11.9. The Morgan fingerprint density at radius 3 is 2.87 bits per heavy atom. The monoisotopic (exact) mass is 231 g/mol. The Bertz CT molecular complexity index is 419. The average molecular weight is 231 g/mol. The van der Waals surface area contributed by atoms with Gasteiger partial charge in [-0.3, -0.25) is 0 Å². The summed E-state index contributed by atoms with van der Waals surface area (Å²) in [7, 11) is -3.16. The molecule has 1 heterocycles. The van der Waals surface area contributed by atoms with Gasteiger partial charge in [-0.05, 0) is 13.0 Å². The van der Waals surface area contributed by atoms with Gasteiger partial charge in [-0.1, -0.05) is 0 Å². The van der Waals surface area contributed by atoms with Crippen LogP contribution in [0.15, 0.2) is 12.3 Å². The second-order valence-corrected chi connectivity index (χ2v) is 4.83. The third kappa shape index (κ3) is 5.28. The van der Waals surface area contributed by atoms with Crippen LogP contribution in [-0.2, 0) is 10.0 Å². The zero-order valence-corrected chi connectivity index (χ0v) is 9.41. The molecule has 0 fully saturated rings. The minimum atomic E-state index is -3.16. The zero-order valence-electron chi connectivity index (χ0n) is 8.60. The van der Waals surface area contributed by atoms with Gasteiger partial charge in [0.25, 0.3) is 0 Å². The largest absolute Gasteiger partial charge is 0.462 e. The van der Waals surface area contributed by atoms with Gasteiger partial charge in [-0.25, -0.2) is 23.1 Å². The molecule has 0 amide bonds. The van der Waals surface area contributed by atoms with Gasteiger partial charge in [-0.2, -0.15) is 0 Å². The number of nitrogens with zero attached hydrogens (tertiary/aromatic N) is 2. The van der Waals surface area contributed by atoms with Gasteiger partial charge >= 0.3 is 6.01 Å². The molecule has 6 nitrogen and oxygen atoms in total.